The summed E-state index contributed by atoms with van der Waals surface area (Å²) >= 11 is 1.79. The van der Waals surface area contributed by atoms with Crippen molar-refractivity contribution in [2.24, 2.45) is 5.92 Å². The van der Waals surface area contributed by atoms with Crippen molar-refractivity contribution in [2.45, 2.75) is 37.8 Å². The molecular weight excluding hydrogens is 202 g/mol. The Morgan fingerprint density at radius 2 is 1.93 bits per heavy atom. The lowest BCUT2D eigenvalue weighted by molar-refractivity contribution is 0.642. The van der Waals surface area contributed by atoms with E-state index in [2.05, 4.69) is 39.8 Å². The molecule has 0 saturated carbocycles. The Morgan fingerprint density at radius 3 is 2.47 bits per heavy atom. The Bertz CT molecular complexity index is 377. The lowest BCUT2D eigenvalue weighted by Gasteiger charge is -2.15. The highest BCUT2D eigenvalue weighted by molar-refractivity contribution is 8.00. The molecule has 15 heavy (non-hydrogen) atoms. The van der Waals surface area contributed by atoms with Gasteiger partial charge in [-0.2, -0.15) is 5.26 Å². The van der Waals surface area contributed by atoms with E-state index in [0.29, 0.717) is 11.2 Å². The molecule has 0 saturated heterocycles. The predicted molar refractivity (Wildman–Crippen MR) is 66.1 cm³/mol. The molecule has 0 aliphatic rings. The van der Waals surface area contributed by atoms with Crippen LogP contribution >= 0.6 is 11.8 Å². The molecule has 2 heteroatoms. The molecule has 0 heterocycles. The molecule has 0 radical (unpaired) electrons. The lowest BCUT2D eigenvalue weighted by Crippen LogP contribution is -2.05. The molecule has 1 aromatic rings. The van der Waals surface area contributed by atoms with E-state index in [1.165, 1.54) is 5.56 Å². The van der Waals surface area contributed by atoms with Crippen molar-refractivity contribution in [2.75, 3.05) is 0 Å². The molecule has 1 atom stereocenters. The van der Waals surface area contributed by atoms with Gasteiger partial charge >= 0.3 is 0 Å². The van der Waals surface area contributed by atoms with Crippen LogP contribution in [-0.4, -0.2) is 5.25 Å². The summed E-state index contributed by atoms with van der Waals surface area (Å²) in [7, 11) is 0. The van der Waals surface area contributed by atoms with E-state index in [9.17, 15) is 0 Å². The SMILES string of the molecule is Cc1ccc(C#N)c(SC(C)C(C)C)c1. The van der Waals surface area contributed by atoms with Gasteiger partial charge in [-0.25, -0.2) is 0 Å². The fourth-order valence-electron chi connectivity index (χ4n) is 1.16. The number of benzene rings is 1. The third-order valence-corrected chi connectivity index (χ3v) is 4.02. The van der Waals surface area contributed by atoms with E-state index in [-0.39, 0.29) is 0 Å². The molecule has 1 unspecified atom stereocenters. The maximum atomic E-state index is 9.00. The highest BCUT2D eigenvalue weighted by Crippen LogP contribution is 2.30. The van der Waals surface area contributed by atoms with Gasteiger partial charge in [0.2, 0.25) is 0 Å². The Labute approximate surface area is 96.5 Å². The van der Waals surface area contributed by atoms with Gasteiger partial charge in [-0.05, 0) is 30.5 Å². The number of aryl methyl sites for hydroxylation is 1. The van der Waals surface area contributed by atoms with Gasteiger partial charge in [0.05, 0.1) is 5.56 Å². The fraction of sp³-hybridized carbons (Fsp3) is 0.462. The minimum atomic E-state index is 0.541. The molecule has 0 aliphatic heterocycles. The van der Waals surface area contributed by atoms with E-state index in [1.807, 2.05) is 12.1 Å². The summed E-state index contributed by atoms with van der Waals surface area (Å²) in [5, 5.41) is 9.54. The first-order chi connectivity index (χ1) is 7.04. The second-order valence-electron chi connectivity index (χ2n) is 4.18. The Balaban J connectivity index is 2.93. The average molecular weight is 219 g/mol. The number of rotatable bonds is 3. The summed E-state index contributed by atoms with van der Waals surface area (Å²) in [6, 6.07) is 8.24. The number of thioether (sulfide) groups is 1. The number of nitrogens with zero attached hydrogens (tertiary/aromatic N) is 1. The Kier molecular flexibility index (Phi) is 4.23. The van der Waals surface area contributed by atoms with Crippen LogP contribution in [0.2, 0.25) is 0 Å². The summed E-state index contributed by atoms with van der Waals surface area (Å²) in [5.74, 6) is 0.627. The van der Waals surface area contributed by atoms with Gasteiger partial charge < -0.3 is 0 Å². The first kappa shape index (κ1) is 12.1. The topological polar surface area (TPSA) is 23.8 Å². The molecule has 0 amide bonds. The smallest absolute Gasteiger partial charge is 0.100 e. The minimum Gasteiger partial charge on any atom is -0.192 e. The molecular formula is C13H17NS. The summed E-state index contributed by atoms with van der Waals surface area (Å²) < 4.78 is 0. The van der Waals surface area contributed by atoms with E-state index < -0.39 is 0 Å². The monoisotopic (exact) mass is 219 g/mol. The van der Waals surface area contributed by atoms with Crippen LogP contribution in [0.4, 0.5) is 0 Å². The van der Waals surface area contributed by atoms with Gasteiger partial charge in [-0.15, -0.1) is 11.8 Å². The van der Waals surface area contributed by atoms with Crippen molar-refractivity contribution in [3.05, 3.63) is 29.3 Å². The minimum absolute atomic E-state index is 0.541. The Morgan fingerprint density at radius 1 is 1.27 bits per heavy atom. The zero-order valence-electron chi connectivity index (χ0n) is 9.74. The first-order valence-electron chi connectivity index (χ1n) is 5.22. The van der Waals surface area contributed by atoms with E-state index >= 15 is 0 Å². The summed E-state index contributed by atoms with van der Waals surface area (Å²) in [4.78, 5) is 1.11. The van der Waals surface area contributed by atoms with Crippen LogP contribution in [0, 0.1) is 24.2 Å². The number of hydrogen-bond acceptors (Lipinski definition) is 2. The molecule has 0 N–H and O–H groups in total. The van der Waals surface area contributed by atoms with Gasteiger partial charge in [0, 0.05) is 10.1 Å². The van der Waals surface area contributed by atoms with Crippen molar-refractivity contribution in [3.8, 4) is 6.07 Å². The molecule has 0 bridgehead atoms. The molecule has 1 aromatic carbocycles. The molecule has 1 nitrogen and oxygen atoms in total. The largest absolute Gasteiger partial charge is 0.192 e. The van der Waals surface area contributed by atoms with Gasteiger partial charge in [-0.3, -0.25) is 0 Å². The van der Waals surface area contributed by atoms with E-state index in [1.54, 1.807) is 11.8 Å². The van der Waals surface area contributed by atoms with Crippen molar-refractivity contribution in [1.29, 1.82) is 5.26 Å². The fourth-order valence-corrected chi connectivity index (χ4v) is 2.32. The summed E-state index contributed by atoms with van der Waals surface area (Å²) in [6.07, 6.45) is 0. The van der Waals surface area contributed by atoms with Crippen LogP contribution in [0.3, 0.4) is 0 Å². The zero-order chi connectivity index (χ0) is 11.4. The lowest BCUT2D eigenvalue weighted by atomic mass is 10.1. The maximum absolute atomic E-state index is 9.00. The maximum Gasteiger partial charge on any atom is 0.100 e. The van der Waals surface area contributed by atoms with Crippen molar-refractivity contribution >= 4 is 11.8 Å². The second kappa shape index (κ2) is 5.23. The van der Waals surface area contributed by atoms with Crippen LogP contribution in [0.15, 0.2) is 23.1 Å². The Hall–Kier alpha value is -0.940. The highest BCUT2D eigenvalue weighted by atomic mass is 32.2. The number of nitriles is 1. The second-order valence-corrected chi connectivity index (χ2v) is 5.60. The third-order valence-electron chi connectivity index (χ3n) is 2.51. The zero-order valence-corrected chi connectivity index (χ0v) is 10.6. The summed E-state index contributed by atoms with van der Waals surface area (Å²) in [6.45, 7) is 8.68. The van der Waals surface area contributed by atoms with Crippen LogP contribution < -0.4 is 0 Å². The van der Waals surface area contributed by atoms with E-state index in [4.69, 9.17) is 5.26 Å². The number of hydrogen-bond donors (Lipinski definition) is 0. The van der Waals surface area contributed by atoms with Crippen LogP contribution in [0.25, 0.3) is 0 Å². The van der Waals surface area contributed by atoms with Gasteiger partial charge in [-0.1, -0.05) is 26.8 Å². The third kappa shape index (κ3) is 3.28. The van der Waals surface area contributed by atoms with Gasteiger partial charge in [0.25, 0.3) is 0 Å². The first-order valence-corrected chi connectivity index (χ1v) is 6.10. The van der Waals surface area contributed by atoms with Gasteiger partial charge in [0.15, 0.2) is 0 Å². The van der Waals surface area contributed by atoms with Crippen LogP contribution in [0.1, 0.15) is 31.9 Å². The molecule has 0 fully saturated rings. The molecule has 0 aromatic heterocycles. The molecule has 1 rings (SSSR count). The van der Waals surface area contributed by atoms with Crippen LogP contribution in [-0.2, 0) is 0 Å². The van der Waals surface area contributed by atoms with Crippen LogP contribution in [0.5, 0.6) is 0 Å². The molecule has 0 spiro atoms. The normalized spacial score (nSPS) is 12.5. The van der Waals surface area contributed by atoms with Crippen molar-refractivity contribution in [1.82, 2.24) is 0 Å². The van der Waals surface area contributed by atoms with Crippen molar-refractivity contribution in [3.63, 3.8) is 0 Å². The quantitative estimate of drug-likeness (QED) is 0.717. The molecule has 80 valence electrons. The highest BCUT2D eigenvalue weighted by Gasteiger charge is 2.11. The van der Waals surface area contributed by atoms with Gasteiger partial charge in [0.1, 0.15) is 6.07 Å². The molecule has 0 aliphatic carbocycles. The average Bonchev–Trinajstić information content (AvgIpc) is 2.18. The predicted octanol–water partition coefficient (Wildman–Crippen LogP) is 4.00. The van der Waals surface area contributed by atoms with E-state index in [0.717, 1.165) is 10.5 Å². The van der Waals surface area contributed by atoms with Crippen molar-refractivity contribution < 1.29 is 0 Å². The standard InChI is InChI=1S/C13H17NS/c1-9(2)11(4)15-13-7-10(3)5-6-12(13)8-14/h5-7,9,11H,1-4H3. The summed E-state index contributed by atoms with van der Waals surface area (Å²) in [5.41, 5.74) is 2.01.